The van der Waals surface area contributed by atoms with Crippen molar-refractivity contribution in [3.05, 3.63) is 87.9 Å². The number of rotatable bonds is 6. The van der Waals surface area contributed by atoms with E-state index < -0.39 is 0 Å². The van der Waals surface area contributed by atoms with Gasteiger partial charge in [0.15, 0.2) is 12.2 Å². The van der Waals surface area contributed by atoms with Crippen LogP contribution >= 0.6 is 11.3 Å². The van der Waals surface area contributed by atoms with E-state index in [0.717, 1.165) is 13.0 Å². The third-order valence-corrected chi connectivity index (χ3v) is 5.07. The third-order valence-electron chi connectivity index (χ3n) is 3.92. The molecule has 0 amide bonds. The van der Waals surface area contributed by atoms with Crippen LogP contribution in [0.3, 0.4) is 0 Å². The zero-order valence-electron chi connectivity index (χ0n) is 14.0. The van der Waals surface area contributed by atoms with Gasteiger partial charge in [0.1, 0.15) is 0 Å². The monoisotopic (exact) mass is 373 g/mol. The SMILES string of the molecule is Cc1c(CCOC(=O)c2ccccc2)sc[n+]1Cc1ccccc1.[Cl-]. The van der Waals surface area contributed by atoms with Gasteiger partial charge in [0, 0.05) is 18.9 Å². The average molecular weight is 374 g/mol. The molecular weight excluding hydrogens is 354 g/mol. The highest BCUT2D eigenvalue weighted by Gasteiger charge is 2.16. The van der Waals surface area contributed by atoms with Crippen LogP contribution in [0.1, 0.15) is 26.5 Å². The van der Waals surface area contributed by atoms with E-state index in [1.807, 2.05) is 24.3 Å². The van der Waals surface area contributed by atoms with Gasteiger partial charge in [-0.3, -0.25) is 0 Å². The first kappa shape index (κ1) is 19.2. The van der Waals surface area contributed by atoms with E-state index in [1.54, 1.807) is 23.5 Å². The Kier molecular flexibility index (Phi) is 7.16. The second-order valence-corrected chi connectivity index (χ2v) is 6.54. The molecule has 3 nitrogen and oxygen atoms in total. The molecule has 0 unspecified atom stereocenters. The predicted molar refractivity (Wildman–Crippen MR) is 95.2 cm³/mol. The number of ether oxygens (including phenoxy) is 1. The molecule has 1 heterocycles. The minimum absolute atomic E-state index is 0. The van der Waals surface area contributed by atoms with Gasteiger partial charge >= 0.3 is 5.97 Å². The van der Waals surface area contributed by atoms with Gasteiger partial charge in [0.2, 0.25) is 5.51 Å². The summed E-state index contributed by atoms with van der Waals surface area (Å²) in [6.45, 7) is 3.39. The molecule has 1 aromatic heterocycles. The molecule has 130 valence electrons. The number of hydrogen-bond acceptors (Lipinski definition) is 3. The molecule has 0 aliphatic rings. The van der Waals surface area contributed by atoms with Crippen LogP contribution in [0.25, 0.3) is 0 Å². The topological polar surface area (TPSA) is 30.2 Å². The van der Waals surface area contributed by atoms with Crippen molar-refractivity contribution in [1.82, 2.24) is 0 Å². The summed E-state index contributed by atoms with van der Waals surface area (Å²) in [5, 5.41) is 0. The van der Waals surface area contributed by atoms with Crippen molar-refractivity contribution in [2.45, 2.75) is 19.9 Å². The van der Waals surface area contributed by atoms with Crippen molar-refractivity contribution in [1.29, 1.82) is 0 Å². The lowest BCUT2D eigenvalue weighted by Gasteiger charge is -2.03. The molecule has 0 aliphatic carbocycles. The third kappa shape index (κ3) is 5.15. The Labute approximate surface area is 158 Å². The van der Waals surface area contributed by atoms with Crippen LogP contribution in [-0.4, -0.2) is 12.6 Å². The summed E-state index contributed by atoms with van der Waals surface area (Å²) in [4.78, 5) is 13.2. The predicted octanol–water partition coefficient (Wildman–Crippen LogP) is 0.796. The van der Waals surface area contributed by atoms with E-state index in [2.05, 4.69) is 41.3 Å². The first-order chi connectivity index (χ1) is 11.7. The second-order valence-electron chi connectivity index (χ2n) is 5.60. The Balaban J connectivity index is 0.00000225. The maximum absolute atomic E-state index is 11.9. The summed E-state index contributed by atoms with van der Waals surface area (Å²) in [7, 11) is 0. The van der Waals surface area contributed by atoms with Crippen molar-refractivity contribution in [2.75, 3.05) is 6.61 Å². The molecule has 0 bridgehead atoms. The number of aromatic nitrogens is 1. The van der Waals surface area contributed by atoms with Gasteiger partial charge in [-0.25, -0.2) is 4.79 Å². The largest absolute Gasteiger partial charge is 1.00 e. The molecular formula is C20H20ClNO2S. The summed E-state index contributed by atoms with van der Waals surface area (Å²) in [5.41, 5.74) is 5.25. The van der Waals surface area contributed by atoms with Crippen LogP contribution < -0.4 is 17.0 Å². The number of esters is 1. The molecule has 0 spiro atoms. The molecule has 5 heteroatoms. The lowest BCUT2D eigenvalue weighted by Crippen LogP contribution is -3.00. The summed E-state index contributed by atoms with van der Waals surface area (Å²) in [5.74, 6) is -0.262. The standard InChI is InChI=1S/C20H20NO2S.ClH/c1-16-19(12-13-23-20(22)18-10-6-3-7-11-18)24-15-21(16)14-17-8-4-2-5-9-17;/h2-11,15H,12-14H2,1H3;1H/q+1;/p-1. The number of benzene rings is 2. The summed E-state index contributed by atoms with van der Waals surface area (Å²) in [6, 6.07) is 19.5. The Morgan fingerprint density at radius 1 is 1.04 bits per heavy atom. The van der Waals surface area contributed by atoms with Crippen molar-refractivity contribution in [2.24, 2.45) is 0 Å². The van der Waals surface area contributed by atoms with Gasteiger partial charge < -0.3 is 17.1 Å². The summed E-state index contributed by atoms with van der Waals surface area (Å²) < 4.78 is 7.62. The molecule has 25 heavy (non-hydrogen) atoms. The highest BCUT2D eigenvalue weighted by Crippen LogP contribution is 2.13. The average Bonchev–Trinajstić information content (AvgIpc) is 2.97. The Hall–Kier alpha value is -2.17. The number of carbonyl (C=O) groups is 1. The Morgan fingerprint density at radius 2 is 1.68 bits per heavy atom. The zero-order chi connectivity index (χ0) is 16.8. The van der Waals surface area contributed by atoms with Crippen LogP contribution in [-0.2, 0) is 17.7 Å². The minimum atomic E-state index is -0.262. The van der Waals surface area contributed by atoms with Gasteiger partial charge in [-0.1, -0.05) is 59.9 Å². The van der Waals surface area contributed by atoms with Crippen LogP contribution in [0.5, 0.6) is 0 Å². The molecule has 0 atom stereocenters. The van der Waals surface area contributed by atoms with Gasteiger partial charge in [0.25, 0.3) is 0 Å². The van der Waals surface area contributed by atoms with Crippen molar-refractivity contribution in [3.8, 4) is 0 Å². The number of carbonyl (C=O) groups excluding carboxylic acids is 1. The molecule has 0 N–H and O–H groups in total. The molecule has 3 aromatic rings. The first-order valence-electron chi connectivity index (χ1n) is 7.96. The summed E-state index contributed by atoms with van der Waals surface area (Å²) in [6.07, 6.45) is 0.747. The minimum Gasteiger partial charge on any atom is -1.00 e. The molecule has 0 fully saturated rings. The second kappa shape index (κ2) is 9.35. The fraction of sp³-hybridized carbons (Fsp3) is 0.200. The summed E-state index contributed by atoms with van der Waals surface area (Å²) >= 11 is 1.71. The lowest BCUT2D eigenvalue weighted by molar-refractivity contribution is -0.689. The highest BCUT2D eigenvalue weighted by atomic mass is 35.5. The Bertz CT molecular complexity index is 803. The Morgan fingerprint density at radius 3 is 2.36 bits per heavy atom. The van der Waals surface area contributed by atoms with Crippen molar-refractivity contribution in [3.63, 3.8) is 0 Å². The van der Waals surface area contributed by atoms with Crippen LogP contribution in [0.4, 0.5) is 0 Å². The van der Waals surface area contributed by atoms with Crippen LogP contribution in [0.2, 0.25) is 0 Å². The fourth-order valence-electron chi connectivity index (χ4n) is 2.52. The van der Waals surface area contributed by atoms with E-state index >= 15 is 0 Å². The normalized spacial score (nSPS) is 10.1. The van der Waals surface area contributed by atoms with E-state index in [1.165, 1.54) is 16.1 Å². The molecule has 0 radical (unpaired) electrons. The lowest BCUT2D eigenvalue weighted by atomic mass is 10.2. The van der Waals surface area contributed by atoms with Crippen molar-refractivity contribution < 1.29 is 26.5 Å². The highest BCUT2D eigenvalue weighted by molar-refractivity contribution is 7.09. The van der Waals surface area contributed by atoms with E-state index in [-0.39, 0.29) is 18.4 Å². The van der Waals surface area contributed by atoms with E-state index in [4.69, 9.17) is 4.74 Å². The van der Waals surface area contributed by atoms with Crippen molar-refractivity contribution >= 4 is 17.3 Å². The van der Waals surface area contributed by atoms with Crippen LogP contribution in [0, 0.1) is 6.92 Å². The number of hydrogen-bond donors (Lipinski definition) is 0. The van der Waals surface area contributed by atoms with Gasteiger partial charge in [0.05, 0.1) is 17.0 Å². The maximum atomic E-state index is 11.9. The van der Waals surface area contributed by atoms with E-state index in [0.29, 0.717) is 12.2 Å². The fourth-order valence-corrected chi connectivity index (χ4v) is 3.50. The van der Waals surface area contributed by atoms with Gasteiger partial charge in [-0.15, -0.1) is 0 Å². The smallest absolute Gasteiger partial charge is 0.338 e. The number of thiazole rings is 1. The number of nitrogens with zero attached hydrogens (tertiary/aromatic N) is 1. The van der Waals surface area contributed by atoms with Crippen LogP contribution in [0.15, 0.2) is 66.2 Å². The number of halogens is 1. The first-order valence-corrected chi connectivity index (χ1v) is 8.84. The molecule has 0 saturated heterocycles. The molecule has 0 saturated carbocycles. The zero-order valence-corrected chi connectivity index (χ0v) is 15.6. The van der Waals surface area contributed by atoms with Gasteiger partial charge in [-0.2, -0.15) is 4.57 Å². The van der Waals surface area contributed by atoms with Gasteiger partial charge in [-0.05, 0) is 12.1 Å². The molecule has 2 aromatic carbocycles. The quantitative estimate of drug-likeness (QED) is 0.472. The molecule has 3 rings (SSSR count). The maximum Gasteiger partial charge on any atom is 0.338 e. The molecule has 0 aliphatic heterocycles. The van der Waals surface area contributed by atoms with E-state index in [9.17, 15) is 4.79 Å².